The number of hydrogen-bond donors (Lipinski definition) is 0. The third-order valence-corrected chi connectivity index (χ3v) is 7.83. The molecule has 5 rings (SSSR count). The van der Waals surface area contributed by atoms with Crippen molar-refractivity contribution in [2.75, 3.05) is 13.2 Å². The van der Waals surface area contributed by atoms with Crippen LogP contribution < -0.4 is 11.2 Å². The minimum atomic E-state index is -0.501. The first-order valence-corrected chi connectivity index (χ1v) is 13.1. The molecule has 8 nitrogen and oxygen atoms in total. The van der Waals surface area contributed by atoms with Crippen LogP contribution in [0.3, 0.4) is 0 Å². The van der Waals surface area contributed by atoms with E-state index in [0.29, 0.717) is 41.7 Å². The molecule has 0 bridgehead atoms. The van der Waals surface area contributed by atoms with Gasteiger partial charge in [0.05, 0.1) is 25.1 Å². The Labute approximate surface area is 217 Å². The maximum absolute atomic E-state index is 13.7. The van der Waals surface area contributed by atoms with Crippen LogP contribution in [0.1, 0.15) is 33.3 Å². The van der Waals surface area contributed by atoms with Crippen molar-refractivity contribution in [3.63, 3.8) is 0 Å². The second kappa shape index (κ2) is 10.6. The summed E-state index contributed by atoms with van der Waals surface area (Å²) in [6.45, 7) is 2.79. The summed E-state index contributed by atoms with van der Waals surface area (Å²) in [4.78, 5) is 55.7. The van der Waals surface area contributed by atoms with Crippen molar-refractivity contribution < 1.29 is 14.3 Å². The van der Waals surface area contributed by atoms with E-state index in [9.17, 15) is 19.2 Å². The van der Waals surface area contributed by atoms with Gasteiger partial charge in [-0.2, -0.15) is 0 Å². The number of Topliss-reactive ketones (excluding diaryl/α,β-unsaturated/α-hetero) is 1. The van der Waals surface area contributed by atoms with E-state index in [1.54, 1.807) is 36.1 Å². The first-order valence-electron chi connectivity index (χ1n) is 12.3. The lowest BCUT2D eigenvalue weighted by molar-refractivity contribution is 0.0970. The smallest absolute Gasteiger partial charge is 0.410 e. The summed E-state index contributed by atoms with van der Waals surface area (Å²) in [5.74, 6) is -0.211. The number of fused-ring (bicyclic) bond motifs is 3. The van der Waals surface area contributed by atoms with Crippen molar-refractivity contribution in [3.05, 3.63) is 103 Å². The van der Waals surface area contributed by atoms with Crippen molar-refractivity contribution in [1.29, 1.82) is 0 Å². The lowest BCUT2D eigenvalue weighted by Gasteiger charge is -2.25. The van der Waals surface area contributed by atoms with E-state index in [2.05, 4.69) is 0 Å². The van der Waals surface area contributed by atoms with Gasteiger partial charge in [-0.3, -0.25) is 18.7 Å². The summed E-state index contributed by atoms with van der Waals surface area (Å²) < 4.78 is 7.83. The van der Waals surface area contributed by atoms with Crippen LogP contribution in [-0.4, -0.2) is 39.1 Å². The molecule has 1 amide bonds. The molecule has 0 unspecified atom stereocenters. The van der Waals surface area contributed by atoms with Crippen molar-refractivity contribution in [1.82, 2.24) is 14.0 Å². The number of aromatic nitrogens is 2. The molecule has 1 aliphatic rings. The number of benzene rings is 2. The largest absolute Gasteiger partial charge is 0.450 e. The van der Waals surface area contributed by atoms with Gasteiger partial charge in [0, 0.05) is 23.5 Å². The minimum absolute atomic E-state index is 0.175. The van der Waals surface area contributed by atoms with Crippen LogP contribution in [0.2, 0.25) is 0 Å². The topological polar surface area (TPSA) is 90.6 Å². The molecule has 1 aliphatic heterocycles. The third-order valence-electron chi connectivity index (χ3n) is 6.59. The minimum Gasteiger partial charge on any atom is -0.450 e. The molecule has 0 aliphatic carbocycles. The standard InChI is InChI=1S/C28H27N3O5S/c1-2-36-28(35)29-15-14-21-23(18-29)37-26-24(21)25(33)30(16-13-19-9-5-3-6-10-19)27(34)31(26)17-22(32)20-11-7-4-8-12-20/h3-12H,2,13-18H2,1H3. The second-order valence-corrected chi connectivity index (χ2v) is 9.99. The molecule has 0 saturated heterocycles. The number of carbonyl (C=O) groups excluding carboxylic acids is 2. The molecule has 0 spiro atoms. The molecule has 0 fully saturated rings. The summed E-state index contributed by atoms with van der Waals surface area (Å²) in [5.41, 5.74) is 1.51. The first kappa shape index (κ1) is 24.7. The molecule has 9 heteroatoms. The first-order chi connectivity index (χ1) is 18.0. The monoisotopic (exact) mass is 517 g/mol. The highest BCUT2D eigenvalue weighted by Crippen LogP contribution is 2.33. The Kier molecular flexibility index (Phi) is 7.05. The summed E-state index contributed by atoms with van der Waals surface area (Å²) >= 11 is 1.30. The van der Waals surface area contributed by atoms with Gasteiger partial charge in [0.25, 0.3) is 5.56 Å². The number of hydrogen-bond acceptors (Lipinski definition) is 6. The highest BCUT2D eigenvalue weighted by Gasteiger charge is 2.29. The quantitative estimate of drug-likeness (QED) is 0.347. The molecule has 37 heavy (non-hydrogen) atoms. The fourth-order valence-electron chi connectivity index (χ4n) is 4.71. The lowest BCUT2D eigenvalue weighted by atomic mass is 10.1. The van der Waals surface area contributed by atoms with Crippen LogP contribution in [-0.2, 0) is 37.2 Å². The van der Waals surface area contributed by atoms with Gasteiger partial charge in [-0.25, -0.2) is 9.59 Å². The maximum Gasteiger partial charge on any atom is 0.410 e. The fraction of sp³-hybridized carbons (Fsp3) is 0.286. The lowest BCUT2D eigenvalue weighted by Crippen LogP contribution is -2.41. The second-order valence-electron chi connectivity index (χ2n) is 8.90. The number of ether oxygens (including phenoxy) is 1. The van der Waals surface area contributed by atoms with E-state index >= 15 is 0 Å². The van der Waals surface area contributed by atoms with Gasteiger partial charge < -0.3 is 9.64 Å². The highest BCUT2D eigenvalue weighted by atomic mass is 32.1. The molecule has 0 saturated carbocycles. The van der Waals surface area contributed by atoms with Crippen LogP contribution in [0.25, 0.3) is 10.2 Å². The predicted octanol–water partition coefficient (Wildman–Crippen LogP) is 3.86. The summed E-state index contributed by atoms with van der Waals surface area (Å²) in [6.07, 6.45) is 0.590. The maximum atomic E-state index is 13.7. The van der Waals surface area contributed by atoms with Gasteiger partial charge in [-0.1, -0.05) is 60.7 Å². The molecular weight excluding hydrogens is 490 g/mol. The van der Waals surface area contributed by atoms with Gasteiger partial charge in [-0.15, -0.1) is 11.3 Å². The average Bonchev–Trinajstić information content (AvgIpc) is 3.31. The van der Waals surface area contributed by atoms with Crippen LogP contribution in [0.5, 0.6) is 0 Å². The fourth-order valence-corrected chi connectivity index (χ4v) is 6.05. The van der Waals surface area contributed by atoms with Gasteiger partial charge in [0.1, 0.15) is 4.83 Å². The number of thiophene rings is 1. The molecular formula is C28H27N3O5S. The van der Waals surface area contributed by atoms with E-state index in [-0.39, 0.29) is 31.0 Å². The van der Waals surface area contributed by atoms with E-state index in [4.69, 9.17) is 4.74 Å². The Balaban J connectivity index is 1.61. The summed E-state index contributed by atoms with van der Waals surface area (Å²) in [7, 11) is 0. The molecule has 3 heterocycles. The number of ketones is 1. The van der Waals surface area contributed by atoms with E-state index in [1.807, 2.05) is 36.4 Å². The zero-order chi connectivity index (χ0) is 25.9. The summed E-state index contributed by atoms with van der Waals surface area (Å²) in [5, 5.41) is 0.469. The van der Waals surface area contributed by atoms with E-state index in [0.717, 1.165) is 16.0 Å². The van der Waals surface area contributed by atoms with E-state index < -0.39 is 11.8 Å². The predicted molar refractivity (Wildman–Crippen MR) is 142 cm³/mol. The Hall–Kier alpha value is -3.98. The van der Waals surface area contributed by atoms with Gasteiger partial charge in [0.2, 0.25) is 0 Å². The van der Waals surface area contributed by atoms with Gasteiger partial charge >= 0.3 is 11.8 Å². The van der Waals surface area contributed by atoms with Gasteiger partial charge in [0.15, 0.2) is 5.78 Å². The Morgan fingerprint density at radius 2 is 1.68 bits per heavy atom. The Bertz CT molecular complexity index is 1570. The van der Waals surface area contributed by atoms with Crippen LogP contribution >= 0.6 is 11.3 Å². The zero-order valence-electron chi connectivity index (χ0n) is 20.5. The molecule has 2 aromatic carbocycles. The number of aryl methyl sites for hydroxylation is 1. The number of rotatable bonds is 7. The molecule has 2 aromatic heterocycles. The van der Waals surface area contributed by atoms with Crippen molar-refractivity contribution in [2.24, 2.45) is 0 Å². The number of amides is 1. The Morgan fingerprint density at radius 1 is 0.973 bits per heavy atom. The van der Waals surface area contributed by atoms with Crippen molar-refractivity contribution in [2.45, 2.75) is 39.4 Å². The van der Waals surface area contributed by atoms with Crippen LogP contribution in [0.15, 0.2) is 70.3 Å². The number of carbonyl (C=O) groups is 2. The van der Waals surface area contributed by atoms with Crippen LogP contribution in [0, 0.1) is 0 Å². The van der Waals surface area contributed by atoms with Crippen molar-refractivity contribution in [3.8, 4) is 0 Å². The molecule has 0 atom stereocenters. The van der Waals surface area contributed by atoms with Crippen molar-refractivity contribution >= 4 is 33.4 Å². The molecule has 4 aromatic rings. The normalized spacial score (nSPS) is 12.9. The summed E-state index contributed by atoms with van der Waals surface area (Å²) in [6, 6.07) is 18.5. The van der Waals surface area contributed by atoms with Crippen LogP contribution in [0.4, 0.5) is 4.79 Å². The highest BCUT2D eigenvalue weighted by molar-refractivity contribution is 7.18. The third kappa shape index (κ3) is 4.86. The number of nitrogens with zero attached hydrogens (tertiary/aromatic N) is 3. The Morgan fingerprint density at radius 3 is 2.38 bits per heavy atom. The molecule has 0 N–H and O–H groups in total. The van der Waals surface area contributed by atoms with E-state index in [1.165, 1.54) is 20.5 Å². The SMILES string of the molecule is CCOC(=O)N1CCc2c(sc3c2c(=O)n(CCc2ccccc2)c(=O)n3CC(=O)c2ccccc2)C1. The molecule has 0 radical (unpaired) electrons. The zero-order valence-corrected chi connectivity index (χ0v) is 21.3. The average molecular weight is 518 g/mol. The van der Waals surface area contributed by atoms with Gasteiger partial charge in [-0.05, 0) is 30.9 Å². The molecule has 190 valence electrons.